The molecule has 16 heavy (non-hydrogen) atoms. The Labute approximate surface area is 102 Å². The number of pyridine rings is 1. The van der Waals surface area contributed by atoms with Gasteiger partial charge in [-0.25, -0.2) is 4.98 Å². The van der Waals surface area contributed by atoms with Crippen LogP contribution in [0.1, 0.15) is 31.4 Å². The Balaban J connectivity index is 1.86. The zero-order chi connectivity index (χ0) is 11.4. The number of nitrogens with one attached hydrogen (secondary N) is 1. The summed E-state index contributed by atoms with van der Waals surface area (Å²) in [6.07, 6.45) is 5.01. The summed E-state index contributed by atoms with van der Waals surface area (Å²) in [6.45, 7) is 2.96. The van der Waals surface area contributed by atoms with E-state index >= 15 is 0 Å². The molecular weight excluding hydrogens is 220 g/mol. The lowest BCUT2D eigenvalue weighted by molar-refractivity contribution is 0.380. The lowest BCUT2D eigenvalue weighted by Crippen LogP contribution is -2.26. The summed E-state index contributed by atoms with van der Waals surface area (Å²) in [4.78, 5) is 4.43. The molecule has 0 amide bonds. The van der Waals surface area contributed by atoms with E-state index < -0.39 is 0 Å². The van der Waals surface area contributed by atoms with Gasteiger partial charge in [0, 0.05) is 17.6 Å². The third kappa shape index (κ3) is 3.11. The predicted octanol–water partition coefficient (Wildman–Crippen LogP) is 3.60. The summed E-state index contributed by atoms with van der Waals surface area (Å²) in [5.74, 6) is 1.56. The second-order valence-electron chi connectivity index (χ2n) is 4.61. The minimum atomic E-state index is 0.339. The van der Waals surface area contributed by atoms with E-state index in [2.05, 4.69) is 10.3 Å². The quantitative estimate of drug-likeness (QED) is 0.814. The second-order valence-corrected chi connectivity index (χ2v) is 5.17. The van der Waals surface area contributed by atoms with Crippen LogP contribution >= 0.6 is 11.6 Å². The first-order chi connectivity index (χ1) is 7.75. The normalized spacial score (nSPS) is 25.4. The highest BCUT2D eigenvalue weighted by atomic mass is 35.5. The highest BCUT2D eigenvalue weighted by Crippen LogP contribution is 2.28. The van der Waals surface area contributed by atoms with Crippen LogP contribution in [0.25, 0.3) is 0 Å². The van der Waals surface area contributed by atoms with Gasteiger partial charge < -0.3 is 5.32 Å². The van der Waals surface area contributed by atoms with Crippen LogP contribution in [0.3, 0.4) is 0 Å². The van der Waals surface area contributed by atoms with Gasteiger partial charge in [0.1, 0.15) is 5.82 Å². The van der Waals surface area contributed by atoms with Gasteiger partial charge in [-0.2, -0.15) is 0 Å². The molecule has 88 valence electrons. The van der Waals surface area contributed by atoms with E-state index in [1.165, 1.54) is 19.3 Å². The van der Waals surface area contributed by atoms with E-state index in [1.54, 1.807) is 0 Å². The molecular formula is C13H19ClN2. The molecule has 0 saturated heterocycles. The van der Waals surface area contributed by atoms with Crippen LogP contribution in [0.5, 0.6) is 0 Å². The predicted molar refractivity (Wildman–Crippen MR) is 69.1 cm³/mol. The van der Waals surface area contributed by atoms with Crippen LogP contribution < -0.4 is 5.32 Å². The van der Waals surface area contributed by atoms with Crippen molar-refractivity contribution in [1.82, 2.24) is 4.98 Å². The van der Waals surface area contributed by atoms with Crippen molar-refractivity contribution >= 4 is 17.4 Å². The summed E-state index contributed by atoms with van der Waals surface area (Å²) in [5.41, 5.74) is 1.05. The van der Waals surface area contributed by atoms with Gasteiger partial charge in [0.25, 0.3) is 0 Å². The Kier molecular flexibility index (Phi) is 4.05. The van der Waals surface area contributed by atoms with Gasteiger partial charge >= 0.3 is 0 Å². The maximum Gasteiger partial charge on any atom is 0.126 e. The van der Waals surface area contributed by atoms with E-state index in [-0.39, 0.29) is 0 Å². The third-order valence-corrected chi connectivity index (χ3v) is 3.82. The fraction of sp³-hybridized carbons (Fsp3) is 0.615. The lowest BCUT2D eigenvalue weighted by atomic mass is 9.89. The molecule has 0 aromatic carbocycles. The highest BCUT2D eigenvalue weighted by molar-refractivity contribution is 6.20. The van der Waals surface area contributed by atoms with Crippen molar-refractivity contribution < 1.29 is 0 Å². The molecule has 0 aliphatic heterocycles. The zero-order valence-corrected chi connectivity index (χ0v) is 10.5. The molecule has 1 aromatic heterocycles. The molecule has 1 saturated carbocycles. The Bertz CT molecular complexity index is 340. The van der Waals surface area contributed by atoms with Gasteiger partial charge in [-0.05, 0) is 37.8 Å². The minimum absolute atomic E-state index is 0.339. The largest absolute Gasteiger partial charge is 0.370 e. The van der Waals surface area contributed by atoms with E-state index in [9.17, 15) is 0 Å². The number of hydrogen-bond donors (Lipinski definition) is 1. The number of rotatable bonds is 3. The van der Waals surface area contributed by atoms with Crippen molar-refractivity contribution in [2.45, 2.75) is 38.0 Å². The molecule has 1 aliphatic carbocycles. The smallest absolute Gasteiger partial charge is 0.126 e. The molecule has 1 fully saturated rings. The fourth-order valence-electron chi connectivity index (χ4n) is 2.27. The van der Waals surface area contributed by atoms with E-state index in [1.807, 2.05) is 25.1 Å². The van der Waals surface area contributed by atoms with Gasteiger partial charge in [0.05, 0.1) is 0 Å². The van der Waals surface area contributed by atoms with Gasteiger partial charge in [0.15, 0.2) is 0 Å². The lowest BCUT2D eigenvalue weighted by Gasteiger charge is -2.27. The Morgan fingerprint density at radius 1 is 1.38 bits per heavy atom. The Morgan fingerprint density at radius 2 is 2.19 bits per heavy atom. The molecule has 1 heterocycles. The molecule has 1 aromatic rings. The fourth-order valence-corrected chi connectivity index (χ4v) is 2.64. The van der Waals surface area contributed by atoms with Crippen molar-refractivity contribution in [2.24, 2.45) is 5.92 Å². The number of aromatic nitrogens is 1. The van der Waals surface area contributed by atoms with Crippen LogP contribution in [0.4, 0.5) is 5.82 Å². The molecule has 0 spiro atoms. The van der Waals surface area contributed by atoms with Crippen LogP contribution in [0, 0.1) is 12.8 Å². The van der Waals surface area contributed by atoms with E-state index in [0.29, 0.717) is 11.3 Å². The number of nitrogens with zero attached hydrogens (tertiary/aromatic N) is 1. The third-order valence-electron chi connectivity index (χ3n) is 3.25. The van der Waals surface area contributed by atoms with Crippen LogP contribution in [0.15, 0.2) is 18.2 Å². The first-order valence-corrected chi connectivity index (χ1v) is 6.51. The summed E-state index contributed by atoms with van der Waals surface area (Å²) in [6, 6.07) is 6.05. The van der Waals surface area contributed by atoms with Crippen molar-refractivity contribution in [3.8, 4) is 0 Å². The zero-order valence-electron chi connectivity index (χ0n) is 9.75. The van der Waals surface area contributed by atoms with Crippen molar-refractivity contribution in [3.05, 3.63) is 23.9 Å². The average molecular weight is 239 g/mol. The minimum Gasteiger partial charge on any atom is -0.370 e. The van der Waals surface area contributed by atoms with Crippen LogP contribution in [-0.4, -0.2) is 16.9 Å². The topological polar surface area (TPSA) is 24.9 Å². The Morgan fingerprint density at radius 3 is 2.94 bits per heavy atom. The first-order valence-electron chi connectivity index (χ1n) is 6.07. The standard InChI is InChI=1S/C13H19ClN2/c1-10-5-4-8-13(16-10)15-9-11-6-2-3-7-12(11)14/h4-5,8,11-12H,2-3,6-7,9H2,1H3,(H,15,16). The Hall–Kier alpha value is -0.760. The molecule has 0 radical (unpaired) electrons. The van der Waals surface area contributed by atoms with E-state index in [0.717, 1.165) is 24.5 Å². The number of hydrogen-bond acceptors (Lipinski definition) is 2. The maximum atomic E-state index is 6.32. The highest BCUT2D eigenvalue weighted by Gasteiger charge is 2.22. The van der Waals surface area contributed by atoms with Crippen molar-refractivity contribution in [3.63, 3.8) is 0 Å². The number of alkyl halides is 1. The summed E-state index contributed by atoms with van der Waals surface area (Å²) < 4.78 is 0. The molecule has 2 unspecified atom stereocenters. The molecule has 3 heteroatoms. The molecule has 1 N–H and O–H groups in total. The summed E-state index contributed by atoms with van der Waals surface area (Å²) in [5, 5.41) is 3.73. The molecule has 2 nitrogen and oxygen atoms in total. The summed E-state index contributed by atoms with van der Waals surface area (Å²) >= 11 is 6.32. The average Bonchev–Trinajstić information content (AvgIpc) is 2.28. The monoisotopic (exact) mass is 238 g/mol. The SMILES string of the molecule is Cc1cccc(NCC2CCCCC2Cl)n1. The second kappa shape index (κ2) is 5.53. The number of aryl methyl sites for hydroxylation is 1. The molecule has 2 rings (SSSR count). The van der Waals surface area contributed by atoms with Crippen molar-refractivity contribution in [1.29, 1.82) is 0 Å². The van der Waals surface area contributed by atoms with Gasteiger partial charge in [-0.1, -0.05) is 18.9 Å². The number of anilines is 1. The van der Waals surface area contributed by atoms with Gasteiger partial charge in [0.2, 0.25) is 0 Å². The van der Waals surface area contributed by atoms with Crippen LogP contribution in [0.2, 0.25) is 0 Å². The van der Waals surface area contributed by atoms with Gasteiger partial charge in [-0.15, -0.1) is 11.6 Å². The number of halogens is 1. The molecule has 0 bridgehead atoms. The van der Waals surface area contributed by atoms with Crippen LogP contribution in [-0.2, 0) is 0 Å². The summed E-state index contributed by atoms with van der Waals surface area (Å²) in [7, 11) is 0. The van der Waals surface area contributed by atoms with E-state index in [4.69, 9.17) is 11.6 Å². The van der Waals surface area contributed by atoms with Crippen molar-refractivity contribution in [2.75, 3.05) is 11.9 Å². The van der Waals surface area contributed by atoms with Gasteiger partial charge in [-0.3, -0.25) is 0 Å². The molecule has 1 aliphatic rings. The maximum absolute atomic E-state index is 6.32. The molecule has 2 atom stereocenters. The first kappa shape index (κ1) is 11.7.